The van der Waals surface area contributed by atoms with Crippen LogP contribution in [-0.4, -0.2) is 42.3 Å². The summed E-state index contributed by atoms with van der Waals surface area (Å²) in [5.74, 6) is 0.123. The second-order valence-corrected chi connectivity index (χ2v) is 8.33. The van der Waals surface area contributed by atoms with Gasteiger partial charge in [0.05, 0.1) is 22.5 Å². The van der Waals surface area contributed by atoms with Gasteiger partial charge in [0.1, 0.15) is 5.69 Å². The topological polar surface area (TPSA) is 109 Å². The van der Waals surface area contributed by atoms with Gasteiger partial charge in [-0.05, 0) is 24.5 Å². The number of fused-ring (bicyclic) bond motifs is 1. The Morgan fingerprint density at radius 3 is 2.88 bits per heavy atom. The highest BCUT2D eigenvalue weighted by atomic mass is 32.2. The number of carbonyl (C=O) groups is 1. The summed E-state index contributed by atoms with van der Waals surface area (Å²) in [5.41, 5.74) is 1.39. The van der Waals surface area contributed by atoms with Crippen molar-refractivity contribution in [1.82, 2.24) is 15.3 Å². The third-order valence-electron chi connectivity index (χ3n) is 4.17. The van der Waals surface area contributed by atoms with Crippen LogP contribution in [0.5, 0.6) is 0 Å². The number of aromatic amines is 1. The first-order valence-corrected chi connectivity index (χ1v) is 9.70. The minimum Gasteiger partial charge on any atom is -0.356 e. The maximum absolute atomic E-state index is 12.0. The smallest absolute Gasteiger partial charge is 0.270 e. The molecule has 8 heteroatoms. The lowest BCUT2D eigenvalue weighted by molar-refractivity contribution is -0.121. The molecular weight excluding hydrogens is 330 g/mol. The number of carbonyl (C=O) groups excluding carboxylic acids is 1. The Bertz CT molecular complexity index is 920. The number of benzene rings is 1. The highest BCUT2D eigenvalue weighted by Crippen LogP contribution is 2.17. The first-order chi connectivity index (χ1) is 11.4. The lowest BCUT2D eigenvalue weighted by atomic mass is 10.1. The van der Waals surface area contributed by atoms with E-state index in [2.05, 4.69) is 15.3 Å². The molecule has 1 aliphatic heterocycles. The van der Waals surface area contributed by atoms with Crippen LogP contribution in [0.15, 0.2) is 29.1 Å². The summed E-state index contributed by atoms with van der Waals surface area (Å²) in [7, 11) is -2.93. The van der Waals surface area contributed by atoms with Crippen molar-refractivity contribution in [1.29, 1.82) is 0 Å². The number of hydrogen-bond donors (Lipinski definition) is 2. The third-order valence-corrected chi connectivity index (χ3v) is 6.01. The summed E-state index contributed by atoms with van der Waals surface area (Å²) in [4.78, 5) is 30.9. The first kappa shape index (κ1) is 16.6. The molecule has 1 amide bonds. The molecule has 0 aliphatic carbocycles. The molecule has 1 aromatic carbocycles. The minimum absolute atomic E-state index is 0.0128. The van der Waals surface area contributed by atoms with Crippen molar-refractivity contribution < 1.29 is 13.2 Å². The molecule has 7 nitrogen and oxygen atoms in total. The van der Waals surface area contributed by atoms with Crippen molar-refractivity contribution in [2.75, 3.05) is 18.1 Å². The van der Waals surface area contributed by atoms with E-state index in [0.29, 0.717) is 29.7 Å². The van der Waals surface area contributed by atoms with Crippen LogP contribution in [0.2, 0.25) is 0 Å². The fraction of sp³-hybridized carbons (Fsp3) is 0.438. The summed E-state index contributed by atoms with van der Waals surface area (Å²) < 4.78 is 22.8. The molecule has 0 spiro atoms. The average Bonchev–Trinajstić information content (AvgIpc) is 2.90. The average molecular weight is 349 g/mol. The van der Waals surface area contributed by atoms with Crippen LogP contribution in [0.25, 0.3) is 11.0 Å². The van der Waals surface area contributed by atoms with E-state index < -0.39 is 9.84 Å². The van der Waals surface area contributed by atoms with Crippen molar-refractivity contribution in [3.05, 3.63) is 40.3 Å². The maximum atomic E-state index is 12.0. The van der Waals surface area contributed by atoms with Gasteiger partial charge in [0.2, 0.25) is 5.91 Å². The van der Waals surface area contributed by atoms with Gasteiger partial charge in [-0.2, -0.15) is 0 Å². The van der Waals surface area contributed by atoms with Crippen molar-refractivity contribution >= 4 is 26.8 Å². The SMILES string of the molecule is O=C(CCc1nc2ccccc2[nH]c1=O)NCC1CCS(=O)(=O)C1. The van der Waals surface area contributed by atoms with Crippen LogP contribution >= 0.6 is 0 Å². The van der Waals surface area contributed by atoms with E-state index >= 15 is 0 Å². The van der Waals surface area contributed by atoms with E-state index in [-0.39, 0.29) is 41.7 Å². The number of aromatic nitrogens is 2. The second kappa shape index (κ2) is 6.72. The van der Waals surface area contributed by atoms with E-state index in [1.54, 1.807) is 12.1 Å². The Hall–Kier alpha value is -2.22. The van der Waals surface area contributed by atoms with Gasteiger partial charge in [-0.3, -0.25) is 9.59 Å². The molecule has 0 bridgehead atoms. The quantitative estimate of drug-likeness (QED) is 0.812. The molecule has 1 atom stereocenters. The maximum Gasteiger partial charge on any atom is 0.270 e. The predicted molar refractivity (Wildman–Crippen MR) is 90.5 cm³/mol. The molecule has 2 aromatic rings. The van der Waals surface area contributed by atoms with Crippen LogP contribution in [0, 0.1) is 5.92 Å². The van der Waals surface area contributed by atoms with Gasteiger partial charge in [-0.25, -0.2) is 13.4 Å². The molecule has 1 aromatic heterocycles. The number of sulfone groups is 1. The van der Waals surface area contributed by atoms with Crippen molar-refractivity contribution in [2.24, 2.45) is 5.92 Å². The molecule has 1 saturated heterocycles. The second-order valence-electron chi connectivity index (χ2n) is 6.10. The van der Waals surface area contributed by atoms with Gasteiger partial charge in [-0.15, -0.1) is 0 Å². The summed E-state index contributed by atoms with van der Waals surface area (Å²) >= 11 is 0. The molecule has 0 radical (unpaired) electrons. The van der Waals surface area contributed by atoms with Crippen molar-refractivity contribution in [3.8, 4) is 0 Å². The van der Waals surface area contributed by atoms with Crippen LogP contribution < -0.4 is 10.9 Å². The van der Waals surface area contributed by atoms with E-state index in [1.807, 2.05) is 12.1 Å². The Balaban J connectivity index is 1.55. The number of rotatable bonds is 5. The van der Waals surface area contributed by atoms with E-state index in [0.717, 1.165) is 0 Å². The largest absolute Gasteiger partial charge is 0.356 e. The summed E-state index contributed by atoms with van der Waals surface area (Å²) in [6, 6.07) is 7.22. The Kier molecular flexibility index (Phi) is 4.66. The molecular formula is C16H19N3O4S. The summed E-state index contributed by atoms with van der Waals surface area (Å²) in [5, 5.41) is 2.75. The van der Waals surface area contributed by atoms with Crippen LogP contribution in [0.1, 0.15) is 18.5 Å². The molecule has 1 unspecified atom stereocenters. The van der Waals surface area contributed by atoms with Gasteiger partial charge in [0.15, 0.2) is 9.84 Å². The number of aryl methyl sites for hydroxylation is 1. The monoisotopic (exact) mass is 349 g/mol. The van der Waals surface area contributed by atoms with Gasteiger partial charge in [0.25, 0.3) is 5.56 Å². The van der Waals surface area contributed by atoms with Gasteiger partial charge >= 0.3 is 0 Å². The number of para-hydroxylation sites is 2. The third kappa shape index (κ3) is 4.00. The molecule has 3 rings (SSSR count). The standard InChI is InChI=1S/C16H19N3O4S/c20-15(17-9-11-7-8-24(22,23)10-11)6-5-14-16(21)19-13-4-2-1-3-12(13)18-14/h1-4,11H,5-10H2,(H,17,20)(H,19,21). The fourth-order valence-corrected chi connectivity index (χ4v) is 4.71. The zero-order valence-corrected chi connectivity index (χ0v) is 13.9. The zero-order valence-electron chi connectivity index (χ0n) is 13.1. The fourth-order valence-electron chi connectivity index (χ4n) is 2.85. The molecule has 1 aliphatic rings. The lowest BCUT2D eigenvalue weighted by Gasteiger charge is -2.09. The van der Waals surface area contributed by atoms with Crippen molar-refractivity contribution in [3.63, 3.8) is 0 Å². The Morgan fingerprint density at radius 2 is 2.12 bits per heavy atom. The molecule has 0 saturated carbocycles. The Labute approximate surface area is 139 Å². The number of nitrogens with zero attached hydrogens (tertiary/aromatic N) is 1. The van der Waals surface area contributed by atoms with Crippen LogP contribution in [0.4, 0.5) is 0 Å². The van der Waals surface area contributed by atoms with Crippen molar-refractivity contribution in [2.45, 2.75) is 19.3 Å². The summed E-state index contributed by atoms with van der Waals surface area (Å²) in [6.07, 6.45) is 0.984. The summed E-state index contributed by atoms with van der Waals surface area (Å²) in [6.45, 7) is 0.361. The first-order valence-electron chi connectivity index (χ1n) is 7.88. The minimum atomic E-state index is -2.93. The molecule has 2 heterocycles. The molecule has 2 N–H and O–H groups in total. The highest BCUT2D eigenvalue weighted by Gasteiger charge is 2.27. The van der Waals surface area contributed by atoms with Gasteiger partial charge in [0, 0.05) is 19.4 Å². The normalized spacial score (nSPS) is 19.4. The number of amides is 1. The highest BCUT2D eigenvalue weighted by molar-refractivity contribution is 7.91. The van der Waals surface area contributed by atoms with Crippen LogP contribution in [0.3, 0.4) is 0 Å². The number of H-pyrrole nitrogens is 1. The van der Waals surface area contributed by atoms with E-state index in [9.17, 15) is 18.0 Å². The van der Waals surface area contributed by atoms with Gasteiger partial charge in [-0.1, -0.05) is 12.1 Å². The molecule has 24 heavy (non-hydrogen) atoms. The number of hydrogen-bond acceptors (Lipinski definition) is 5. The van der Waals surface area contributed by atoms with E-state index in [1.165, 1.54) is 0 Å². The Morgan fingerprint density at radius 1 is 1.33 bits per heavy atom. The van der Waals surface area contributed by atoms with Crippen LogP contribution in [-0.2, 0) is 21.1 Å². The number of nitrogens with one attached hydrogen (secondary N) is 2. The molecule has 128 valence electrons. The molecule has 1 fully saturated rings. The van der Waals surface area contributed by atoms with Gasteiger partial charge < -0.3 is 10.3 Å². The lowest BCUT2D eigenvalue weighted by Crippen LogP contribution is -2.30. The van der Waals surface area contributed by atoms with E-state index in [4.69, 9.17) is 0 Å². The zero-order chi connectivity index (χ0) is 17.2. The predicted octanol–water partition coefficient (Wildman–Crippen LogP) is 0.407.